The van der Waals surface area contributed by atoms with E-state index in [1.165, 1.54) is 18.2 Å². The molecule has 0 saturated carbocycles. The molecule has 8 nitrogen and oxygen atoms in total. The van der Waals surface area contributed by atoms with Gasteiger partial charge in [0.15, 0.2) is 0 Å². The fourth-order valence-corrected chi connectivity index (χ4v) is 3.22. The molecular formula is C23H22N4O4. The van der Waals surface area contributed by atoms with E-state index in [1.54, 1.807) is 24.3 Å². The second kappa shape index (κ2) is 9.59. The lowest BCUT2D eigenvalue weighted by Crippen LogP contribution is -2.15. The van der Waals surface area contributed by atoms with Crippen LogP contribution in [-0.4, -0.2) is 27.9 Å². The van der Waals surface area contributed by atoms with Crippen LogP contribution in [0.4, 0.5) is 11.4 Å². The molecule has 0 aliphatic rings. The summed E-state index contributed by atoms with van der Waals surface area (Å²) in [5, 5.41) is 24.5. The highest BCUT2D eigenvalue weighted by molar-refractivity contribution is 6.10. The molecule has 1 heterocycles. The Bertz CT molecular complexity index is 1190. The zero-order chi connectivity index (χ0) is 22.4. The second-order valence-electron chi connectivity index (χ2n) is 7.09. The van der Waals surface area contributed by atoms with Crippen molar-refractivity contribution in [2.45, 2.75) is 32.6 Å². The molecule has 0 spiro atoms. The first-order valence-electron chi connectivity index (χ1n) is 9.93. The number of rotatable bonds is 8. The number of fused-ring (bicyclic) bond motifs is 1. The molecule has 0 atom stereocenters. The molecule has 0 unspecified atom stereocenters. The van der Waals surface area contributed by atoms with E-state index in [4.69, 9.17) is 5.26 Å². The van der Waals surface area contributed by atoms with Gasteiger partial charge in [-0.15, -0.1) is 0 Å². The van der Waals surface area contributed by atoms with Crippen LogP contribution in [0.5, 0.6) is 0 Å². The second-order valence-corrected chi connectivity index (χ2v) is 7.09. The summed E-state index contributed by atoms with van der Waals surface area (Å²) < 4.78 is 0. The van der Waals surface area contributed by atoms with E-state index in [1.807, 2.05) is 6.07 Å². The molecule has 3 rings (SSSR count). The Morgan fingerprint density at radius 2 is 1.87 bits per heavy atom. The van der Waals surface area contributed by atoms with Gasteiger partial charge < -0.3 is 20.7 Å². The van der Waals surface area contributed by atoms with Gasteiger partial charge in [0.1, 0.15) is 5.69 Å². The average molecular weight is 418 g/mol. The van der Waals surface area contributed by atoms with Gasteiger partial charge in [-0.2, -0.15) is 5.26 Å². The van der Waals surface area contributed by atoms with Crippen LogP contribution in [0.1, 0.15) is 59.0 Å². The first-order valence-corrected chi connectivity index (χ1v) is 9.93. The first kappa shape index (κ1) is 21.6. The normalized spacial score (nSPS) is 10.5. The summed E-state index contributed by atoms with van der Waals surface area (Å²) in [4.78, 5) is 39.4. The molecule has 0 aliphatic carbocycles. The third-order valence-corrected chi connectivity index (χ3v) is 4.81. The minimum atomic E-state index is -1.25. The number of anilines is 2. The van der Waals surface area contributed by atoms with Gasteiger partial charge in [-0.1, -0.05) is 31.9 Å². The number of nitriles is 1. The van der Waals surface area contributed by atoms with Crippen molar-refractivity contribution in [2.75, 3.05) is 10.6 Å². The van der Waals surface area contributed by atoms with Crippen LogP contribution < -0.4 is 10.6 Å². The molecular weight excluding hydrogens is 396 g/mol. The van der Waals surface area contributed by atoms with Gasteiger partial charge in [-0.25, -0.2) is 4.79 Å². The lowest BCUT2D eigenvalue weighted by molar-refractivity contribution is -0.116. The highest BCUT2D eigenvalue weighted by Gasteiger charge is 2.17. The predicted molar refractivity (Wildman–Crippen MR) is 117 cm³/mol. The predicted octanol–water partition coefficient (Wildman–Crippen LogP) is 4.51. The Kier molecular flexibility index (Phi) is 6.67. The van der Waals surface area contributed by atoms with Crippen molar-refractivity contribution in [3.63, 3.8) is 0 Å². The number of aromatic carboxylic acids is 1. The first-order chi connectivity index (χ1) is 14.9. The van der Waals surface area contributed by atoms with Crippen molar-refractivity contribution in [3.8, 4) is 6.07 Å². The maximum atomic E-state index is 12.7. The molecule has 0 saturated heterocycles. The Morgan fingerprint density at radius 1 is 1.06 bits per heavy atom. The third-order valence-electron chi connectivity index (χ3n) is 4.81. The van der Waals surface area contributed by atoms with Gasteiger partial charge in [0, 0.05) is 11.8 Å². The Morgan fingerprint density at radius 3 is 2.58 bits per heavy atom. The van der Waals surface area contributed by atoms with Crippen molar-refractivity contribution < 1.29 is 19.5 Å². The standard InChI is InChI=1S/C23H22N4O4/c1-2-3-4-8-20(28)25-18-7-5-6-15-12-19(26-21(15)18)22(29)27-17-10-9-14(13-24)11-16(17)23(30)31/h5-7,9-12,26H,2-4,8H2,1H3,(H,25,28)(H,27,29)(H,30,31). The number of hydrogen-bond acceptors (Lipinski definition) is 4. The summed E-state index contributed by atoms with van der Waals surface area (Å²) in [6.07, 6.45) is 3.25. The number of hydrogen-bond donors (Lipinski definition) is 4. The number of nitrogens with zero attached hydrogens (tertiary/aromatic N) is 1. The lowest BCUT2D eigenvalue weighted by Gasteiger charge is -2.08. The number of para-hydroxylation sites is 1. The molecule has 4 N–H and O–H groups in total. The smallest absolute Gasteiger partial charge is 0.337 e. The number of aromatic nitrogens is 1. The van der Waals surface area contributed by atoms with Crippen molar-refractivity contribution >= 4 is 40.1 Å². The highest BCUT2D eigenvalue weighted by atomic mass is 16.4. The van der Waals surface area contributed by atoms with Gasteiger partial charge in [-0.05, 0) is 36.8 Å². The largest absolute Gasteiger partial charge is 0.478 e. The summed E-state index contributed by atoms with van der Waals surface area (Å²) >= 11 is 0. The number of carboxylic acid groups (broad SMARTS) is 1. The number of aromatic amines is 1. The number of carbonyl (C=O) groups is 3. The molecule has 0 bridgehead atoms. The SMILES string of the molecule is CCCCCC(=O)Nc1cccc2cc(C(=O)Nc3ccc(C#N)cc3C(=O)O)[nH]c12. The minimum Gasteiger partial charge on any atom is -0.478 e. The van der Waals surface area contributed by atoms with Crippen LogP contribution in [0.25, 0.3) is 10.9 Å². The van der Waals surface area contributed by atoms with E-state index in [0.29, 0.717) is 17.6 Å². The van der Waals surface area contributed by atoms with E-state index < -0.39 is 11.9 Å². The van der Waals surface area contributed by atoms with Crippen LogP contribution in [-0.2, 0) is 4.79 Å². The maximum Gasteiger partial charge on any atom is 0.337 e. The molecule has 0 radical (unpaired) electrons. The Balaban J connectivity index is 1.83. The monoisotopic (exact) mass is 418 g/mol. The van der Waals surface area contributed by atoms with Crippen LogP contribution in [0.15, 0.2) is 42.5 Å². The van der Waals surface area contributed by atoms with Gasteiger partial charge in [0.2, 0.25) is 5.91 Å². The fraction of sp³-hybridized carbons (Fsp3) is 0.217. The van der Waals surface area contributed by atoms with Crippen LogP contribution in [0.2, 0.25) is 0 Å². The molecule has 0 fully saturated rings. The third kappa shape index (κ3) is 5.08. The number of amides is 2. The summed E-state index contributed by atoms with van der Waals surface area (Å²) in [5.74, 6) is -1.88. The Hall–Kier alpha value is -4.12. The molecule has 158 valence electrons. The van der Waals surface area contributed by atoms with E-state index in [9.17, 15) is 19.5 Å². The van der Waals surface area contributed by atoms with E-state index in [2.05, 4.69) is 22.5 Å². The minimum absolute atomic E-state index is 0.0830. The van der Waals surface area contributed by atoms with Gasteiger partial charge in [0.05, 0.1) is 34.1 Å². The number of H-pyrrole nitrogens is 1. The maximum absolute atomic E-state index is 12.7. The summed E-state index contributed by atoms with van der Waals surface area (Å²) in [6.45, 7) is 2.07. The number of unbranched alkanes of at least 4 members (excludes halogenated alkanes) is 2. The van der Waals surface area contributed by atoms with E-state index >= 15 is 0 Å². The molecule has 2 aromatic carbocycles. The quantitative estimate of drug-likeness (QED) is 0.399. The number of benzene rings is 2. The summed E-state index contributed by atoms with van der Waals surface area (Å²) in [6, 6.07) is 12.8. The zero-order valence-corrected chi connectivity index (χ0v) is 17.0. The van der Waals surface area contributed by atoms with Crippen molar-refractivity contribution in [1.29, 1.82) is 5.26 Å². The molecule has 0 aliphatic heterocycles. The number of carboxylic acids is 1. The van der Waals surface area contributed by atoms with Gasteiger partial charge in [-0.3, -0.25) is 9.59 Å². The van der Waals surface area contributed by atoms with Crippen LogP contribution >= 0.6 is 0 Å². The fourth-order valence-electron chi connectivity index (χ4n) is 3.22. The van der Waals surface area contributed by atoms with Crippen LogP contribution in [0, 0.1) is 11.3 Å². The topological polar surface area (TPSA) is 135 Å². The molecule has 31 heavy (non-hydrogen) atoms. The van der Waals surface area contributed by atoms with Crippen molar-refractivity contribution in [3.05, 3.63) is 59.3 Å². The van der Waals surface area contributed by atoms with Gasteiger partial charge in [0.25, 0.3) is 5.91 Å². The average Bonchev–Trinajstić information content (AvgIpc) is 3.19. The molecule has 8 heteroatoms. The lowest BCUT2D eigenvalue weighted by atomic mass is 10.1. The van der Waals surface area contributed by atoms with Crippen LogP contribution in [0.3, 0.4) is 0 Å². The van der Waals surface area contributed by atoms with Crippen molar-refractivity contribution in [1.82, 2.24) is 4.98 Å². The molecule has 3 aromatic rings. The zero-order valence-electron chi connectivity index (χ0n) is 17.0. The van der Waals surface area contributed by atoms with Gasteiger partial charge >= 0.3 is 5.97 Å². The van der Waals surface area contributed by atoms with E-state index in [0.717, 1.165) is 24.6 Å². The number of carbonyl (C=O) groups excluding carboxylic acids is 2. The van der Waals surface area contributed by atoms with Crippen molar-refractivity contribution in [2.24, 2.45) is 0 Å². The summed E-state index contributed by atoms with van der Waals surface area (Å²) in [7, 11) is 0. The number of nitrogens with one attached hydrogen (secondary N) is 3. The highest BCUT2D eigenvalue weighted by Crippen LogP contribution is 2.25. The molecule has 2 amide bonds. The Labute approximate surface area is 178 Å². The van der Waals surface area contributed by atoms with E-state index in [-0.39, 0.29) is 28.4 Å². The summed E-state index contributed by atoms with van der Waals surface area (Å²) in [5.41, 5.74) is 1.48. The molecule has 1 aromatic heterocycles.